The summed E-state index contributed by atoms with van der Waals surface area (Å²) in [5.74, 6) is -0.995. The van der Waals surface area contributed by atoms with Gasteiger partial charge in [0.1, 0.15) is 5.82 Å². The molecule has 0 aliphatic heterocycles. The SMILES string of the molecule is CC(=O)Nc1cccc(CNC(=O)NNC(=O)Cc2ccc(F)cc2)c1. The van der Waals surface area contributed by atoms with Crippen molar-refractivity contribution in [3.8, 4) is 0 Å². The lowest BCUT2D eigenvalue weighted by atomic mass is 10.1. The quantitative estimate of drug-likeness (QED) is 0.614. The molecule has 4 N–H and O–H groups in total. The number of hydrogen-bond acceptors (Lipinski definition) is 3. The smallest absolute Gasteiger partial charge is 0.333 e. The summed E-state index contributed by atoms with van der Waals surface area (Å²) >= 11 is 0. The van der Waals surface area contributed by atoms with Crippen LogP contribution in [0, 0.1) is 5.82 Å². The van der Waals surface area contributed by atoms with Gasteiger partial charge in [-0.05, 0) is 35.4 Å². The molecular formula is C18H19FN4O3. The molecule has 26 heavy (non-hydrogen) atoms. The van der Waals surface area contributed by atoms with E-state index in [0.29, 0.717) is 11.3 Å². The lowest BCUT2D eigenvalue weighted by Crippen LogP contribution is -2.47. The van der Waals surface area contributed by atoms with Crippen LogP contribution in [-0.4, -0.2) is 17.8 Å². The van der Waals surface area contributed by atoms with Crippen molar-refractivity contribution in [3.63, 3.8) is 0 Å². The van der Waals surface area contributed by atoms with Crippen LogP contribution in [0.4, 0.5) is 14.9 Å². The van der Waals surface area contributed by atoms with E-state index in [1.54, 1.807) is 24.3 Å². The number of hydrazine groups is 1. The lowest BCUT2D eigenvalue weighted by molar-refractivity contribution is -0.121. The second-order valence-corrected chi connectivity index (χ2v) is 5.54. The van der Waals surface area contributed by atoms with E-state index in [1.807, 2.05) is 0 Å². The Bertz CT molecular complexity index is 793. The molecule has 0 radical (unpaired) electrons. The minimum Gasteiger partial charge on any atom is -0.333 e. The van der Waals surface area contributed by atoms with Gasteiger partial charge in [0.25, 0.3) is 0 Å². The first kappa shape index (κ1) is 18.9. The maximum Gasteiger partial charge on any atom is 0.333 e. The van der Waals surface area contributed by atoms with Crippen molar-refractivity contribution in [3.05, 3.63) is 65.5 Å². The van der Waals surface area contributed by atoms with Gasteiger partial charge in [0, 0.05) is 19.2 Å². The standard InChI is InChI=1S/C18H19FN4O3/c1-12(24)21-16-4-2-3-14(9-16)11-20-18(26)23-22-17(25)10-13-5-7-15(19)8-6-13/h2-9H,10-11H2,1H3,(H,21,24)(H,22,25)(H2,20,23,26). The van der Waals surface area contributed by atoms with Crippen LogP contribution in [0.2, 0.25) is 0 Å². The van der Waals surface area contributed by atoms with Gasteiger partial charge in [-0.15, -0.1) is 0 Å². The fraction of sp³-hybridized carbons (Fsp3) is 0.167. The third-order valence-corrected chi connectivity index (χ3v) is 3.29. The van der Waals surface area contributed by atoms with E-state index in [9.17, 15) is 18.8 Å². The van der Waals surface area contributed by atoms with E-state index in [0.717, 1.165) is 5.56 Å². The number of nitrogens with one attached hydrogen (secondary N) is 4. The van der Waals surface area contributed by atoms with Crippen molar-refractivity contribution in [1.29, 1.82) is 0 Å². The fourth-order valence-corrected chi connectivity index (χ4v) is 2.15. The number of carbonyl (C=O) groups excluding carboxylic acids is 3. The number of benzene rings is 2. The highest BCUT2D eigenvalue weighted by Gasteiger charge is 2.06. The third kappa shape index (κ3) is 6.60. The van der Waals surface area contributed by atoms with Gasteiger partial charge in [0.15, 0.2) is 0 Å². The van der Waals surface area contributed by atoms with E-state index in [2.05, 4.69) is 21.5 Å². The highest BCUT2D eigenvalue weighted by molar-refractivity contribution is 5.88. The molecule has 0 aliphatic rings. The zero-order valence-corrected chi connectivity index (χ0v) is 14.1. The number of anilines is 1. The summed E-state index contributed by atoms with van der Waals surface area (Å²) in [6.45, 7) is 1.63. The molecule has 0 bridgehead atoms. The number of urea groups is 1. The Balaban J connectivity index is 1.74. The second kappa shape index (κ2) is 9.16. The van der Waals surface area contributed by atoms with Gasteiger partial charge >= 0.3 is 6.03 Å². The van der Waals surface area contributed by atoms with Crippen molar-refractivity contribution < 1.29 is 18.8 Å². The fourth-order valence-electron chi connectivity index (χ4n) is 2.15. The summed E-state index contributed by atoms with van der Waals surface area (Å²) in [7, 11) is 0. The average Bonchev–Trinajstić information content (AvgIpc) is 2.60. The van der Waals surface area contributed by atoms with Gasteiger partial charge in [0.2, 0.25) is 11.8 Å². The monoisotopic (exact) mass is 358 g/mol. The first-order chi connectivity index (χ1) is 12.4. The van der Waals surface area contributed by atoms with Crippen molar-refractivity contribution >= 4 is 23.5 Å². The Hall–Kier alpha value is -3.42. The van der Waals surface area contributed by atoms with Gasteiger partial charge in [-0.3, -0.25) is 15.0 Å². The molecule has 0 aliphatic carbocycles. The molecule has 0 unspecified atom stereocenters. The summed E-state index contributed by atoms with van der Waals surface area (Å²) in [6.07, 6.45) is 0.0132. The van der Waals surface area contributed by atoms with Crippen LogP contribution >= 0.6 is 0 Å². The van der Waals surface area contributed by atoms with Gasteiger partial charge in [-0.1, -0.05) is 24.3 Å². The van der Waals surface area contributed by atoms with E-state index >= 15 is 0 Å². The molecule has 2 aromatic rings. The molecule has 0 spiro atoms. The molecular weight excluding hydrogens is 339 g/mol. The third-order valence-electron chi connectivity index (χ3n) is 3.29. The van der Waals surface area contributed by atoms with Crippen LogP contribution in [0.15, 0.2) is 48.5 Å². The van der Waals surface area contributed by atoms with Crippen LogP contribution in [0.25, 0.3) is 0 Å². The van der Waals surface area contributed by atoms with Crippen LogP contribution < -0.4 is 21.5 Å². The zero-order valence-electron chi connectivity index (χ0n) is 14.1. The molecule has 8 heteroatoms. The van der Waals surface area contributed by atoms with Gasteiger partial charge < -0.3 is 10.6 Å². The average molecular weight is 358 g/mol. The molecule has 0 saturated carbocycles. The summed E-state index contributed by atoms with van der Waals surface area (Å²) in [6, 6.07) is 11.9. The Kier molecular flexibility index (Phi) is 6.67. The van der Waals surface area contributed by atoms with E-state index in [4.69, 9.17) is 0 Å². The maximum absolute atomic E-state index is 12.8. The van der Waals surface area contributed by atoms with E-state index in [1.165, 1.54) is 31.2 Å². The summed E-state index contributed by atoms with van der Waals surface area (Å²) < 4.78 is 12.8. The van der Waals surface area contributed by atoms with E-state index in [-0.39, 0.29) is 24.7 Å². The van der Waals surface area contributed by atoms with Crippen molar-refractivity contribution in [2.75, 3.05) is 5.32 Å². The molecule has 2 aromatic carbocycles. The Morgan fingerprint density at radius 3 is 2.38 bits per heavy atom. The van der Waals surface area contributed by atoms with Crippen molar-refractivity contribution in [1.82, 2.24) is 16.2 Å². The molecule has 0 heterocycles. The molecule has 2 rings (SSSR count). The molecule has 7 nitrogen and oxygen atoms in total. The number of rotatable bonds is 5. The van der Waals surface area contributed by atoms with Crippen molar-refractivity contribution in [2.45, 2.75) is 19.9 Å². The van der Waals surface area contributed by atoms with Crippen LogP contribution in [0.5, 0.6) is 0 Å². The first-order valence-electron chi connectivity index (χ1n) is 7.86. The molecule has 0 atom stereocenters. The first-order valence-corrected chi connectivity index (χ1v) is 7.86. The van der Waals surface area contributed by atoms with Crippen LogP contribution in [0.3, 0.4) is 0 Å². The summed E-state index contributed by atoms with van der Waals surface area (Å²) in [5.41, 5.74) is 6.54. The summed E-state index contributed by atoms with van der Waals surface area (Å²) in [5, 5.41) is 5.23. The van der Waals surface area contributed by atoms with Gasteiger partial charge in [0.05, 0.1) is 6.42 Å². The van der Waals surface area contributed by atoms with Gasteiger partial charge in [-0.25, -0.2) is 14.6 Å². The number of halogens is 1. The minimum atomic E-state index is -0.581. The zero-order chi connectivity index (χ0) is 18.9. The number of carbonyl (C=O) groups is 3. The largest absolute Gasteiger partial charge is 0.333 e. The Labute approximate surface area is 149 Å². The van der Waals surface area contributed by atoms with E-state index < -0.39 is 11.9 Å². The van der Waals surface area contributed by atoms with Crippen LogP contribution in [-0.2, 0) is 22.6 Å². The van der Waals surface area contributed by atoms with Crippen LogP contribution in [0.1, 0.15) is 18.1 Å². The predicted molar refractivity (Wildman–Crippen MR) is 94.4 cm³/mol. The van der Waals surface area contributed by atoms with Gasteiger partial charge in [-0.2, -0.15) is 0 Å². The molecule has 0 aromatic heterocycles. The maximum atomic E-state index is 12.8. The number of amides is 4. The Morgan fingerprint density at radius 2 is 1.69 bits per heavy atom. The number of hydrogen-bond donors (Lipinski definition) is 4. The van der Waals surface area contributed by atoms with Crippen molar-refractivity contribution in [2.24, 2.45) is 0 Å². The Morgan fingerprint density at radius 1 is 0.962 bits per heavy atom. The second-order valence-electron chi connectivity index (χ2n) is 5.54. The lowest BCUT2D eigenvalue weighted by Gasteiger charge is -2.10. The minimum absolute atomic E-state index is 0.0132. The highest BCUT2D eigenvalue weighted by Crippen LogP contribution is 2.10. The molecule has 0 fully saturated rings. The highest BCUT2D eigenvalue weighted by atomic mass is 19.1. The molecule has 4 amide bonds. The normalized spacial score (nSPS) is 9.92. The molecule has 136 valence electrons. The topological polar surface area (TPSA) is 99.3 Å². The molecule has 0 saturated heterocycles. The predicted octanol–water partition coefficient (Wildman–Crippen LogP) is 1.86. The summed E-state index contributed by atoms with van der Waals surface area (Å²) in [4.78, 5) is 34.5.